The van der Waals surface area contributed by atoms with Crippen LogP contribution in [-0.2, 0) is 16.0 Å². The second-order valence-corrected chi connectivity index (χ2v) is 4.20. The van der Waals surface area contributed by atoms with Crippen LogP contribution in [0.25, 0.3) is 0 Å². The fourth-order valence-electron chi connectivity index (χ4n) is 1.70. The van der Waals surface area contributed by atoms with Crippen molar-refractivity contribution in [3.8, 4) is 11.5 Å². The van der Waals surface area contributed by atoms with E-state index >= 15 is 0 Å². The number of nitrogens with one attached hydrogen (secondary N) is 1. The summed E-state index contributed by atoms with van der Waals surface area (Å²) in [5.41, 5.74) is 1.15. The molecule has 0 saturated carbocycles. The summed E-state index contributed by atoms with van der Waals surface area (Å²) in [4.78, 5) is 0. The lowest BCUT2D eigenvalue weighted by atomic mass is 10.2. The zero-order valence-corrected chi connectivity index (χ0v) is 12.6. The second kappa shape index (κ2) is 10.5. The van der Waals surface area contributed by atoms with Crippen molar-refractivity contribution in [2.75, 3.05) is 47.2 Å². The van der Waals surface area contributed by atoms with Gasteiger partial charge in [-0.15, -0.1) is 0 Å². The molecule has 1 N–H and O–H groups in total. The summed E-state index contributed by atoms with van der Waals surface area (Å²) in [5.74, 6) is 1.49. The van der Waals surface area contributed by atoms with Gasteiger partial charge in [0.2, 0.25) is 0 Å². The van der Waals surface area contributed by atoms with Crippen LogP contribution in [0, 0.1) is 0 Å². The molecular formula is C15H25NO4. The summed E-state index contributed by atoms with van der Waals surface area (Å²) in [7, 11) is 3.34. The summed E-state index contributed by atoms with van der Waals surface area (Å²) >= 11 is 0. The van der Waals surface area contributed by atoms with Crippen LogP contribution in [0.3, 0.4) is 0 Å². The summed E-state index contributed by atoms with van der Waals surface area (Å²) in [5, 5.41) is 3.29. The lowest BCUT2D eigenvalue weighted by Crippen LogP contribution is -2.18. The van der Waals surface area contributed by atoms with Crippen LogP contribution in [-0.4, -0.2) is 47.2 Å². The van der Waals surface area contributed by atoms with Crippen LogP contribution in [0.5, 0.6) is 11.5 Å². The van der Waals surface area contributed by atoms with E-state index in [0.29, 0.717) is 26.4 Å². The van der Waals surface area contributed by atoms with E-state index in [4.69, 9.17) is 18.9 Å². The van der Waals surface area contributed by atoms with E-state index < -0.39 is 0 Å². The first-order chi connectivity index (χ1) is 9.81. The van der Waals surface area contributed by atoms with Gasteiger partial charge in [-0.2, -0.15) is 0 Å². The largest absolute Gasteiger partial charge is 0.493 e. The van der Waals surface area contributed by atoms with Gasteiger partial charge in [0.15, 0.2) is 11.5 Å². The van der Waals surface area contributed by atoms with E-state index in [0.717, 1.165) is 30.2 Å². The molecule has 0 aliphatic carbocycles. The van der Waals surface area contributed by atoms with E-state index in [9.17, 15) is 0 Å². The highest BCUT2D eigenvalue weighted by Crippen LogP contribution is 2.27. The number of hydrogen-bond donors (Lipinski definition) is 1. The molecule has 5 nitrogen and oxygen atoms in total. The normalized spacial score (nSPS) is 10.6. The third-order valence-electron chi connectivity index (χ3n) is 2.73. The molecule has 0 fully saturated rings. The summed E-state index contributed by atoms with van der Waals surface area (Å²) < 4.78 is 21.2. The van der Waals surface area contributed by atoms with Gasteiger partial charge in [-0.25, -0.2) is 0 Å². The van der Waals surface area contributed by atoms with E-state index in [1.54, 1.807) is 14.2 Å². The van der Waals surface area contributed by atoms with Crippen LogP contribution in [0.1, 0.15) is 12.5 Å². The number of rotatable bonds is 11. The maximum absolute atomic E-state index is 5.64. The van der Waals surface area contributed by atoms with E-state index in [2.05, 4.69) is 5.32 Å². The van der Waals surface area contributed by atoms with Crippen molar-refractivity contribution in [3.63, 3.8) is 0 Å². The maximum Gasteiger partial charge on any atom is 0.161 e. The third kappa shape index (κ3) is 6.23. The van der Waals surface area contributed by atoms with Gasteiger partial charge in [-0.3, -0.25) is 0 Å². The van der Waals surface area contributed by atoms with Crippen molar-refractivity contribution >= 4 is 0 Å². The molecule has 114 valence electrons. The Hall–Kier alpha value is -1.30. The smallest absolute Gasteiger partial charge is 0.161 e. The number of ether oxygens (including phenoxy) is 4. The SMILES string of the molecule is CCOCCOc1ccc(CNCCOC)cc1OC. The topological polar surface area (TPSA) is 49.0 Å². The maximum atomic E-state index is 5.64. The molecule has 0 aromatic heterocycles. The van der Waals surface area contributed by atoms with Crippen LogP contribution in [0.2, 0.25) is 0 Å². The number of hydrogen-bond acceptors (Lipinski definition) is 5. The minimum atomic E-state index is 0.523. The van der Waals surface area contributed by atoms with Crippen LogP contribution < -0.4 is 14.8 Å². The van der Waals surface area contributed by atoms with Crippen molar-refractivity contribution in [1.82, 2.24) is 5.32 Å². The van der Waals surface area contributed by atoms with Crippen molar-refractivity contribution in [2.45, 2.75) is 13.5 Å². The standard InChI is InChI=1S/C15H25NO4/c1-4-19-9-10-20-14-6-5-13(11-15(14)18-3)12-16-7-8-17-2/h5-6,11,16H,4,7-10,12H2,1-3H3. The molecule has 0 unspecified atom stereocenters. The van der Waals surface area contributed by atoms with Gasteiger partial charge in [-0.05, 0) is 24.6 Å². The van der Waals surface area contributed by atoms with Crippen molar-refractivity contribution in [2.24, 2.45) is 0 Å². The first kappa shape index (κ1) is 16.8. The predicted octanol–water partition coefficient (Wildman–Crippen LogP) is 1.85. The molecule has 0 spiro atoms. The minimum Gasteiger partial charge on any atom is -0.493 e. The Kier molecular flexibility index (Phi) is 8.78. The molecule has 1 aromatic rings. The van der Waals surface area contributed by atoms with Crippen molar-refractivity contribution in [1.29, 1.82) is 0 Å². The molecule has 0 aliphatic heterocycles. The summed E-state index contributed by atoms with van der Waals surface area (Å²) in [6, 6.07) is 5.94. The molecular weight excluding hydrogens is 258 g/mol. The molecule has 1 aromatic carbocycles. The Bertz CT molecular complexity index is 371. The first-order valence-corrected chi connectivity index (χ1v) is 6.89. The molecule has 0 heterocycles. The Morgan fingerprint density at radius 3 is 2.60 bits per heavy atom. The average Bonchev–Trinajstić information content (AvgIpc) is 2.49. The summed E-state index contributed by atoms with van der Waals surface area (Å²) in [6.45, 7) is 6.08. The Balaban J connectivity index is 2.47. The summed E-state index contributed by atoms with van der Waals surface area (Å²) in [6.07, 6.45) is 0. The fourth-order valence-corrected chi connectivity index (χ4v) is 1.70. The lowest BCUT2D eigenvalue weighted by Gasteiger charge is -2.12. The number of methoxy groups -OCH3 is 2. The molecule has 20 heavy (non-hydrogen) atoms. The molecule has 0 saturated heterocycles. The van der Waals surface area contributed by atoms with Gasteiger partial charge in [0.05, 0.1) is 20.3 Å². The minimum absolute atomic E-state index is 0.523. The highest BCUT2D eigenvalue weighted by molar-refractivity contribution is 5.42. The van der Waals surface area contributed by atoms with Gasteiger partial charge >= 0.3 is 0 Å². The highest BCUT2D eigenvalue weighted by atomic mass is 16.5. The third-order valence-corrected chi connectivity index (χ3v) is 2.73. The Morgan fingerprint density at radius 2 is 1.90 bits per heavy atom. The quantitative estimate of drug-likeness (QED) is 0.628. The highest BCUT2D eigenvalue weighted by Gasteiger charge is 2.05. The Labute approximate surface area is 121 Å². The molecule has 5 heteroatoms. The van der Waals surface area contributed by atoms with E-state index in [1.165, 1.54) is 0 Å². The van der Waals surface area contributed by atoms with Gasteiger partial charge in [0.25, 0.3) is 0 Å². The van der Waals surface area contributed by atoms with Crippen molar-refractivity contribution in [3.05, 3.63) is 23.8 Å². The number of benzene rings is 1. The molecule has 0 bridgehead atoms. The predicted molar refractivity (Wildman–Crippen MR) is 78.6 cm³/mol. The van der Waals surface area contributed by atoms with Gasteiger partial charge in [-0.1, -0.05) is 6.07 Å². The van der Waals surface area contributed by atoms with Crippen LogP contribution in [0.4, 0.5) is 0 Å². The van der Waals surface area contributed by atoms with Gasteiger partial charge in [0, 0.05) is 26.8 Å². The lowest BCUT2D eigenvalue weighted by molar-refractivity contribution is 0.109. The molecule has 0 amide bonds. The van der Waals surface area contributed by atoms with Crippen LogP contribution >= 0.6 is 0 Å². The van der Waals surface area contributed by atoms with Crippen molar-refractivity contribution < 1.29 is 18.9 Å². The fraction of sp³-hybridized carbons (Fsp3) is 0.600. The molecule has 0 atom stereocenters. The van der Waals surface area contributed by atoms with Gasteiger partial charge in [0.1, 0.15) is 6.61 Å². The van der Waals surface area contributed by atoms with E-state index in [1.807, 2.05) is 25.1 Å². The molecule has 1 rings (SSSR count). The van der Waals surface area contributed by atoms with E-state index in [-0.39, 0.29) is 0 Å². The first-order valence-electron chi connectivity index (χ1n) is 6.89. The van der Waals surface area contributed by atoms with Gasteiger partial charge < -0.3 is 24.3 Å². The average molecular weight is 283 g/mol. The van der Waals surface area contributed by atoms with Crippen LogP contribution in [0.15, 0.2) is 18.2 Å². The zero-order valence-electron chi connectivity index (χ0n) is 12.6. The Morgan fingerprint density at radius 1 is 1.05 bits per heavy atom. The second-order valence-electron chi connectivity index (χ2n) is 4.20. The zero-order chi connectivity index (χ0) is 14.6. The monoisotopic (exact) mass is 283 g/mol. The molecule has 0 radical (unpaired) electrons. The molecule has 0 aliphatic rings.